The van der Waals surface area contributed by atoms with Crippen LogP contribution in [0.5, 0.6) is 11.5 Å². The quantitative estimate of drug-likeness (QED) is 0.294. The van der Waals surface area contributed by atoms with Gasteiger partial charge in [0.2, 0.25) is 0 Å². The molecule has 0 aliphatic carbocycles. The van der Waals surface area contributed by atoms with Gasteiger partial charge >= 0.3 is 0 Å². The Hall–Kier alpha value is -4.12. The molecule has 0 saturated heterocycles. The third-order valence-corrected chi connectivity index (χ3v) is 5.87. The van der Waals surface area contributed by atoms with E-state index in [0.717, 1.165) is 22.4 Å². The Labute approximate surface area is 207 Å². The smallest absolute Gasteiger partial charge is 0.254 e. The first-order valence-electron chi connectivity index (χ1n) is 11.7. The lowest BCUT2D eigenvalue weighted by atomic mass is 10.1. The van der Waals surface area contributed by atoms with Crippen LogP contribution in [0.3, 0.4) is 0 Å². The van der Waals surface area contributed by atoms with Gasteiger partial charge in [-0.05, 0) is 53.9 Å². The van der Waals surface area contributed by atoms with Gasteiger partial charge in [-0.25, -0.2) is 0 Å². The third kappa shape index (κ3) is 6.48. The minimum absolute atomic E-state index is 0.00222. The van der Waals surface area contributed by atoms with E-state index in [-0.39, 0.29) is 5.91 Å². The Bertz CT molecular complexity index is 1240. The molecule has 0 aliphatic rings. The highest BCUT2D eigenvalue weighted by molar-refractivity contribution is 5.95. The van der Waals surface area contributed by atoms with Crippen LogP contribution in [0.25, 0.3) is 0 Å². The molecule has 35 heavy (non-hydrogen) atoms. The van der Waals surface area contributed by atoms with Gasteiger partial charge in [0.15, 0.2) is 11.5 Å². The Morgan fingerprint density at radius 1 is 0.857 bits per heavy atom. The van der Waals surface area contributed by atoms with E-state index in [1.807, 2.05) is 103 Å². The summed E-state index contributed by atoms with van der Waals surface area (Å²) in [5, 5.41) is 0. The molecular weight excluding hydrogens is 436 g/mol. The first-order chi connectivity index (χ1) is 17.1. The number of amides is 1. The summed E-state index contributed by atoms with van der Waals surface area (Å²) in [7, 11) is 1.63. The summed E-state index contributed by atoms with van der Waals surface area (Å²) in [5.41, 5.74) is 4.68. The largest absolute Gasteiger partial charge is 0.493 e. The van der Waals surface area contributed by atoms with Gasteiger partial charge in [0, 0.05) is 37.0 Å². The predicted octanol–water partition coefficient (Wildman–Crippen LogP) is 5.86. The van der Waals surface area contributed by atoms with Crippen molar-refractivity contribution in [3.05, 3.63) is 125 Å². The normalized spacial score (nSPS) is 10.6. The number of carbonyl (C=O) groups is 1. The molecule has 0 bridgehead atoms. The molecular formula is C30H30N2O3. The predicted molar refractivity (Wildman–Crippen MR) is 138 cm³/mol. The maximum Gasteiger partial charge on any atom is 0.254 e. The molecule has 0 radical (unpaired) electrons. The summed E-state index contributed by atoms with van der Waals surface area (Å²) in [6, 6.07) is 29.4. The Kier molecular flexibility index (Phi) is 8.12. The fraction of sp³-hybridized carbons (Fsp3) is 0.200. The lowest BCUT2D eigenvalue weighted by Crippen LogP contribution is -2.33. The van der Waals surface area contributed by atoms with Crippen LogP contribution in [0.15, 0.2) is 97.2 Å². The zero-order chi connectivity index (χ0) is 24.5. The van der Waals surface area contributed by atoms with Crippen LogP contribution in [0.2, 0.25) is 0 Å². The number of aryl methyl sites for hydroxylation is 1. The molecule has 0 spiro atoms. The van der Waals surface area contributed by atoms with E-state index in [2.05, 4.69) is 4.98 Å². The van der Waals surface area contributed by atoms with Crippen molar-refractivity contribution in [2.24, 2.45) is 0 Å². The number of hydrogen-bond acceptors (Lipinski definition) is 4. The highest BCUT2D eigenvalue weighted by atomic mass is 16.5. The Morgan fingerprint density at radius 2 is 1.63 bits per heavy atom. The topological polar surface area (TPSA) is 51.7 Å². The summed E-state index contributed by atoms with van der Waals surface area (Å²) in [6.45, 7) is 3.43. The molecule has 0 N–H and O–H groups in total. The molecule has 5 heteroatoms. The van der Waals surface area contributed by atoms with E-state index in [4.69, 9.17) is 9.47 Å². The molecule has 0 aliphatic heterocycles. The number of carbonyl (C=O) groups excluding carboxylic acids is 1. The van der Waals surface area contributed by atoms with Crippen LogP contribution < -0.4 is 9.47 Å². The summed E-state index contributed by atoms with van der Waals surface area (Å²) in [6.07, 6.45) is 2.45. The number of methoxy groups -OCH3 is 1. The van der Waals surface area contributed by atoms with Crippen molar-refractivity contribution < 1.29 is 14.3 Å². The lowest BCUT2D eigenvalue weighted by molar-refractivity contribution is 0.0744. The molecule has 4 aromatic rings. The number of hydrogen-bond donors (Lipinski definition) is 0. The molecule has 1 heterocycles. The van der Waals surface area contributed by atoms with Crippen molar-refractivity contribution in [2.45, 2.75) is 26.5 Å². The summed E-state index contributed by atoms with van der Waals surface area (Å²) in [4.78, 5) is 19.8. The third-order valence-electron chi connectivity index (χ3n) is 5.87. The number of benzene rings is 3. The minimum Gasteiger partial charge on any atom is -0.493 e. The first kappa shape index (κ1) is 24.0. The maximum absolute atomic E-state index is 13.5. The van der Waals surface area contributed by atoms with E-state index < -0.39 is 0 Å². The summed E-state index contributed by atoms with van der Waals surface area (Å²) >= 11 is 0. The van der Waals surface area contributed by atoms with E-state index in [9.17, 15) is 4.79 Å². The zero-order valence-corrected chi connectivity index (χ0v) is 20.2. The average molecular weight is 467 g/mol. The second kappa shape index (κ2) is 11.8. The van der Waals surface area contributed by atoms with Crippen molar-refractivity contribution in [2.75, 3.05) is 13.7 Å². The van der Waals surface area contributed by atoms with Crippen LogP contribution in [-0.4, -0.2) is 29.4 Å². The Morgan fingerprint density at radius 3 is 2.37 bits per heavy atom. The van der Waals surface area contributed by atoms with Crippen LogP contribution in [0, 0.1) is 6.92 Å². The number of pyridine rings is 1. The molecule has 5 nitrogen and oxygen atoms in total. The Balaban J connectivity index is 1.53. The van der Waals surface area contributed by atoms with Crippen molar-refractivity contribution in [1.29, 1.82) is 0 Å². The number of nitrogens with zero attached hydrogens (tertiary/aromatic N) is 2. The van der Waals surface area contributed by atoms with Gasteiger partial charge in [0.25, 0.3) is 5.91 Å². The van der Waals surface area contributed by atoms with E-state index >= 15 is 0 Å². The molecule has 178 valence electrons. The van der Waals surface area contributed by atoms with Crippen molar-refractivity contribution in [1.82, 2.24) is 9.88 Å². The molecule has 1 amide bonds. The van der Waals surface area contributed by atoms with Gasteiger partial charge in [-0.15, -0.1) is 0 Å². The fourth-order valence-corrected chi connectivity index (χ4v) is 3.92. The van der Waals surface area contributed by atoms with Crippen molar-refractivity contribution in [3.63, 3.8) is 0 Å². The van der Waals surface area contributed by atoms with E-state index in [0.29, 0.717) is 43.2 Å². The molecule has 3 aromatic carbocycles. The SMILES string of the molecule is COc1cc(CN(CCc2ccccn2)C(=O)c2ccccc2C)ccc1OCc1ccccc1. The van der Waals surface area contributed by atoms with Gasteiger partial charge < -0.3 is 14.4 Å². The number of ether oxygens (including phenoxy) is 2. The average Bonchev–Trinajstić information content (AvgIpc) is 2.91. The van der Waals surface area contributed by atoms with Gasteiger partial charge in [-0.3, -0.25) is 9.78 Å². The lowest BCUT2D eigenvalue weighted by Gasteiger charge is -2.24. The zero-order valence-electron chi connectivity index (χ0n) is 20.2. The molecule has 0 unspecified atom stereocenters. The van der Waals surface area contributed by atoms with E-state index in [1.165, 1.54) is 0 Å². The van der Waals surface area contributed by atoms with Crippen molar-refractivity contribution in [3.8, 4) is 11.5 Å². The summed E-state index contributed by atoms with van der Waals surface area (Å²) < 4.78 is 11.6. The monoisotopic (exact) mass is 466 g/mol. The van der Waals surface area contributed by atoms with Crippen molar-refractivity contribution >= 4 is 5.91 Å². The summed E-state index contributed by atoms with van der Waals surface area (Å²) in [5.74, 6) is 1.32. The van der Waals surface area contributed by atoms with Gasteiger partial charge in [-0.1, -0.05) is 60.7 Å². The first-order valence-corrected chi connectivity index (χ1v) is 11.7. The number of aromatic nitrogens is 1. The van der Waals surface area contributed by atoms with Gasteiger partial charge in [-0.2, -0.15) is 0 Å². The van der Waals surface area contributed by atoms with Crippen LogP contribution >= 0.6 is 0 Å². The molecule has 4 rings (SSSR count). The molecule has 0 saturated carbocycles. The van der Waals surface area contributed by atoms with E-state index in [1.54, 1.807) is 13.3 Å². The van der Waals surface area contributed by atoms with Crippen LogP contribution in [-0.2, 0) is 19.6 Å². The standard InChI is InChI=1S/C30H30N2O3/c1-23-10-6-7-14-27(23)30(33)32(19-17-26-13-8-9-18-31-26)21-25-15-16-28(29(20-25)34-2)35-22-24-11-4-3-5-12-24/h3-16,18,20H,17,19,21-22H2,1-2H3. The number of rotatable bonds is 10. The van der Waals surface area contributed by atoms with Gasteiger partial charge in [0.05, 0.1) is 7.11 Å². The molecule has 0 atom stereocenters. The highest BCUT2D eigenvalue weighted by Crippen LogP contribution is 2.29. The molecule has 1 aromatic heterocycles. The fourth-order valence-electron chi connectivity index (χ4n) is 3.92. The second-order valence-electron chi connectivity index (χ2n) is 8.37. The maximum atomic E-state index is 13.5. The van der Waals surface area contributed by atoms with Crippen LogP contribution in [0.4, 0.5) is 0 Å². The molecule has 0 fully saturated rings. The highest BCUT2D eigenvalue weighted by Gasteiger charge is 2.19. The second-order valence-corrected chi connectivity index (χ2v) is 8.37. The van der Waals surface area contributed by atoms with Gasteiger partial charge in [0.1, 0.15) is 6.61 Å². The van der Waals surface area contributed by atoms with Crippen LogP contribution in [0.1, 0.15) is 32.7 Å². The minimum atomic E-state index is 0.00222.